The third kappa shape index (κ3) is 4.58. The lowest BCUT2D eigenvalue weighted by molar-refractivity contribution is -0.151. The molecule has 2 heterocycles. The Morgan fingerprint density at radius 1 is 1.07 bits per heavy atom. The van der Waals surface area contributed by atoms with E-state index in [1.807, 2.05) is 30.2 Å². The van der Waals surface area contributed by atoms with Crippen molar-refractivity contribution in [2.24, 2.45) is 0 Å². The molecule has 5 heteroatoms. The summed E-state index contributed by atoms with van der Waals surface area (Å²) >= 11 is 0. The van der Waals surface area contributed by atoms with Crippen LogP contribution in [0.5, 0.6) is 0 Å². The van der Waals surface area contributed by atoms with E-state index in [0.717, 1.165) is 36.1 Å². The summed E-state index contributed by atoms with van der Waals surface area (Å²) in [7, 11) is 0. The summed E-state index contributed by atoms with van der Waals surface area (Å²) in [6.45, 7) is 6.10. The lowest BCUT2D eigenvalue weighted by Crippen LogP contribution is -2.59. The van der Waals surface area contributed by atoms with Gasteiger partial charge in [-0.3, -0.25) is 14.6 Å². The molecule has 0 radical (unpaired) electrons. The van der Waals surface area contributed by atoms with Gasteiger partial charge in [0, 0.05) is 44.9 Å². The van der Waals surface area contributed by atoms with Crippen LogP contribution in [0.1, 0.15) is 38.7 Å². The van der Waals surface area contributed by atoms with Crippen LogP contribution in [0.4, 0.5) is 0 Å². The highest BCUT2D eigenvalue weighted by Gasteiger charge is 2.36. The monoisotopic (exact) mass is 379 g/mol. The van der Waals surface area contributed by atoms with Crippen LogP contribution >= 0.6 is 0 Å². The number of aromatic nitrogens is 1. The van der Waals surface area contributed by atoms with E-state index >= 15 is 0 Å². The highest BCUT2D eigenvalue weighted by atomic mass is 16.2. The molecule has 1 atom stereocenters. The van der Waals surface area contributed by atoms with Crippen molar-refractivity contribution in [1.82, 2.24) is 14.8 Å². The lowest BCUT2D eigenvalue weighted by Gasteiger charge is -2.41. The predicted molar refractivity (Wildman–Crippen MR) is 111 cm³/mol. The van der Waals surface area contributed by atoms with Crippen molar-refractivity contribution in [2.45, 2.75) is 45.6 Å². The predicted octanol–water partition coefficient (Wildman–Crippen LogP) is 3.54. The van der Waals surface area contributed by atoms with Gasteiger partial charge in [-0.05, 0) is 35.6 Å². The number of hydrogen-bond donors (Lipinski definition) is 0. The molecule has 28 heavy (non-hydrogen) atoms. The molecular weight excluding hydrogens is 350 g/mol. The Bertz CT molecular complexity index is 789. The maximum atomic E-state index is 13.1. The van der Waals surface area contributed by atoms with Crippen LogP contribution in [0.3, 0.4) is 0 Å². The molecule has 1 aliphatic heterocycles. The Kier molecular flexibility index (Phi) is 6.80. The van der Waals surface area contributed by atoms with Gasteiger partial charge < -0.3 is 9.80 Å². The molecule has 2 amide bonds. The molecule has 1 aromatic carbocycles. The first-order valence-electron chi connectivity index (χ1n) is 10.2. The van der Waals surface area contributed by atoms with Crippen LogP contribution in [0.2, 0.25) is 0 Å². The van der Waals surface area contributed by atoms with Crippen molar-refractivity contribution in [3.8, 4) is 11.1 Å². The average molecular weight is 380 g/mol. The second kappa shape index (κ2) is 9.49. The van der Waals surface area contributed by atoms with Crippen molar-refractivity contribution in [3.05, 3.63) is 54.4 Å². The molecule has 1 aromatic heterocycles. The van der Waals surface area contributed by atoms with Crippen LogP contribution < -0.4 is 0 Å². The van der Waals surface area contributed by atoms with Crippen molar-refractivity contribution in [3.63, 3.8) is 0 Å². The van der Waals surface area contributed by atoms with E-state index in [0.29, 0.717) is 25.9 Å². The lowest BCUT2D eigenvalue weighted by atomic mass is 9.98. The summed E-state index contributed by atoms with van der Waals surface area (Å²) in [6, 6.07) is 11.8. The number of piperazine rings is 1. The molecule has 1 fully saturated rings. The van der Waals surface area contributed by atoms with E-state index in [-0.39, 0.29) is 11.8 Å². The standard InChI is InChI=1S/C23H29N3O2/c1-3-6-22(27)26-15-14-25(13-4-2)23(28)21(26)16-18-8-10-19(11-9-18)20-7-5-12-24-17-20/h5,7-12,17,21H,3-4,6,13-16H2,1-2H3. The minimum Gasteiger partial charge on any atom is -0.339 e. The Morgan fingerprint density at radius 3 is 2.50 bits per heavy atom. The van der Waals surface area contributed by atoms with E-state index in [4.69, 9.17) is 0 Å². The van der Waals surface area contributed by atoms with Gasteiger partial charge in [0.1, 0.15) is 6.04 Å². The van der Waals surface area contributed by atoms with E-state index in [1.54, 1.807) is 11.1 Å². The van der Waals surface area contributed by atoms with Gasteiger partial charge in [-0.15, -0.1) is 0 Å². The Hall–Kier alpha value is -2.69. The van der Waals surface area contributed by atoms with Crippen LogP contribution in [-0.2, 0) is 16.0 Å². The number of benzene rings is 1. The zero-order valence-corrected chi connectivity index (χ0v) is 16.8. The first-order valence-corrected chi connectivity index (χ1v) is 10.2. The summed E-state index contributed by atoms with van der Waals surface area (Å²) in [6.07, 6.45) is 6.39. The zero-order valence-electron chi connectivity index (χ0n) is 16.8. The summed E-state index contributed by atoms with van der Waals surface area (Å²) < 4.78 is 0. The number of carbonyl (C=O) groups is 2. The number of amides is 2. The van der Waals surface area contributed by atoms with Crippen molar-refractivity contribution >= 4 is 11.8 Å². The van der Waals surface area contributed by atoms with Crippen LogP contribution in [0, 0.1) is 0 Å². The minimum absolute atomic E-state index is 0.0777. The number of hydrogen-bond acceptors (Lipinski definition) is 3. The van der Waals surface area contributed by atoms with E-state index in [2.05, 4.69) is 36.2 Å². The molecule has 1 unspecified atom stereocenters. The SMILES string of the molecule is CCCC(=O)N1CCN(CCC)C(=O)C1Cc1ccc(-c2cccnc2)cc1. The summed E-state index contributed by atoms with van der Waals surface area (Å²) in [4.78, 5) is 33.5. The molecule has 0 bridgehead atoms. The smallest absolute Gasteiger partial charge is 0.245 e. The van der Waals surface area contributed by atoms with E-state index in [1.165, 1.54) is 0 Å². The summed E-state index contributed by atoms with van der Waals surface area (Å²) in [5.41, 5.74) is 3.23. The maximum absolute atomic E-state index is 13.1. The van der Waals surface area contributed by atoms with Gasteiger partial charge in [0.05, 0.1) is 0 Å². The quantitative estimate of drug-likeness (QED) is 0.739. The number of pyridine rings is 1. The molecule has 3 rings (SSSR count). The van der Waals surface area contributed by atoms with Crippen molar-refractivity contribution in [1.29, 1.82) is 0 Å². The number of nitrogens with zero attached hydrogens (tertiary/aromatic N) is 3. The van der Waals surface area contributed by atoms with E-state index < -0.39 is 6.04 Å². The first-order chi connectivity index (χ1) is 13.6. The normalized spacial score (nSPS) is 17.1. The fourth-order valence-corrected chi connectivity index (χ4v) is 3.77. The molecule has 1 saturated heterocycles. The van der Waals surface area contributed by atoms with Crippen molar-refractivity contribution in [2.75, 3.05) is 19.6 Å². The second-order valence-corrected chi connectivity index (χ2v) is 7.32. The topological polar surface area (TPSA) is 53.5 Å². The molecule has 0 N–H and O–H groups in total. The van der Waals surface area contributed by atoms with Gasteiger partial charge in [0.2, 0.25) is 11.8 Å². The molecular formula is C23H29N3O2. The fraction of sp³-hybridized carbons (Fsp3) is 0.435. The largest absolute Gasteiger partial charge is 0.339 e. The van der Waals surface area contributed by atoms with Gasteiger partial charge in [0.25, 0.3) is 0 Å². The van der Waals surface area contributed by atoms with Gasteiger partial charge in [-0.1, -0.05) is 44.2 Å². The first kappa shape index (κ1) is 20.1. The Labute approximate surface area is 167 Å². The maximum Gasteiger partial charge on any atom is 0.245 e. The Balaban J connectivity index is 1.79. The third-order valence-electron chi connectivity index (χ3n) is 5.24. The van der Waals surface area contributed by atoms with Gasteiger partial charge >= 0.3 is 0 Å². The fourth-order valence-electron chi connectivity index (χ4n) is 3.77. The second-order valence-electron chi connectivity index (χ2n) is 7.32. The molecule has 148 valence electrons. The molecule has 0 aliphatic carbocycles. The highest BCUT2D eigenvalue weighted by molar-refractivity contribution is 5.89. The van der Waals surface area contributed by atoms with E-state index in [9.17, 15) is 9.59 Å². The third-order valence-corrected chi connectivity index (χ3v) is 5.24. The van der Waals surface area contributed by atoms with Crippen LogP contribution in [0.15, 0.2) is 48.8 Å². The van der Waals surface area contributed by atoms with Crippen LogP contribution in [-0.4, -0.2) is 52.3 Å². The van der Waals surface area contributed by atoms with Gasteiger partial charge in [-0.25, -0.2) is 0 Å². The minimum atomic E-state index is -0.399. The molecule has 0 saturated carbocycles. The Morgan fingerprint density at radius 2 is 1.86 bits per heavy atom. The van der Waals surface area contributed by atoms with Gasteiger partial charge in [0.15, 0.2) is 0 Å². The summed E-state index contributed by atoms with van der Waals surface area (Å²) in [5, 5.41) is 0. The number of carbonyl (C=O) groups excluding carboxylic acids is 2. The molecule has 1 aliphatic rings. The highest BCUT2D eigenvalue weighted by Crippen LogP contribution is 2.22. The average Bonchev–Trinajstić information content (AvgIpc) is 2.72. The molecule has 5 nitrogen and oxygen atoms in total. The molecule has 0 spiro atoms. The zero-order chi connectivity index (χ0) is 19.9. The summed E-state index contributed by atoms with van der Waals surface area (Å²) in [5.74, 6) is 0.165. The number of rotatable bonds is 7. The molecule has 2 aromatic rings. The van der Waals surface area contributed by atoms with Crippen molar-refractivity contribution < 1.29 is 9.59 Å². The van der Waals surface area contributed by atoms with Gasteiger partial charge in [-0.2, -0.15) is 0 Å². The van der Waals surface area contributed by atoms with Crippen LogP contribution in [0.25, 0.3) is 11.1 Å².